The second kappa shape index (κ2) is 6.45. The van der Waals surface area contributed by atoms with Gasteiger partial charge in [-0.2, -0.15) is 0 Å². The first-order valence-corrected chi connectivity index (χ1v) is 7.31. The van der Waals surface area contributed by atoms with Crippen LogP contribution in [0.5, 0.6) is 5.75 Å². The van der Waals surface area contributed by atoms with Gasteiger partial charge in [-0.15, -0.1) is 24.5 Å². The SMILES string of the molecule is C=CCN(CC=C)C(=O)c1sc2cc(OC)ccc2c1N. The van der Waals surface area contributed by atoms with Gasteiger partial charge in [0.05, 0.1) is 12.8 Å². The number of hydrogen-bond acceptors (Lipinski definition) is 4. The Hall–Kier alpha value is -2.27. The molecule has 21 heavy (non-hydrogen) atoms. The molecule has 0 aliphatic carbocycles. The fraction of sp³-hybridized carbons (Fsp3) is 0.188. The van der Waals surface area contributed by atoms with Crippen molar-refractivity contribution in [1.82, 2.24) is 4.90 Å². The van der Waals surface area contributed by atoms with Crippen LogP contribution < -0.4 is 10.5 Å². The smallest absolute Gasteiger partial charge is 0.266 e. The van der Waals surface area contributed by atoms with Crippen molar-refractivity contribution < 1.29 is 9.53 Å². The van der Waals surface area contributed by atoms with Crippen LogP contribution in [0.15, 0.2) is 43.5 Å². The van der Waals surface area contributed by atoms with E-state index in [1.54, 1.807) is 24.2 Å². The number of ether oxygens (including phenoxy) is 1. The van der Waals surface area contributed by atoms with Gasteiger partial charge in [0.2, 0.25) is 0 Å². The topological polar surface area (TPSA) is 55.6 Å². The summed E-state index contributed by atoms with van der Waals surface area (Å²) in [5.41, 5.74) is 6.65. The van der Waals surface area contributed by atoms with E-state index < -0.39 is 0 Å². The molecule has 0 aliphatic heterocycles. The Kier molecular flexibility index (Phi) is 4.65. The lowest BCUT2D eigenvalue weighted by molar-refractivity contribution is 0.0796. The molecule has 2 rings (SSSR count). The van der Waals surface area contributed by atoms with Gasteiger partial charge in [0, 0.05) is 23.2 Å². The Morgan fingerprint density at radius 2 is 2.05 bits per heavy atom. The van der Waals surface area contributed by atoms with E-state index in [1.165, 1.54) is 11.3 Å². The molecule has 1 heterocycles. The number of carbonyl (C=O) groups excluding carboxylic acids is 1. The molecule has 0 saturated heterocycles. The quantitative estimate of drug-likeness (QED) is 0.833. The van der Waals surface area contributed by atoms with Gasteiger partial charge in [0.15, 0.2) is 0 Å². The predicted molar refractivity (Wildman–Crippen MR) is 89.1 cm³/mol. The zero-order valence-electron chi connectivity index (χ0n) is 12.0. The highest BCUT2D eigenvalue weighted by molar-refractivity contribution is 7.21. The van der Waals surface area contributed by atoms with E-state index in [-0.39, 0.29) is 5.91 Å². The highest BCUT2D eigenvalue weighted by atomic mass is 32.1. The van der Waals surface area contributed by atoms with Gasteiger partial charge in [-0.1, -0.05) is 12.2 Å². The van der Waals surface area contributed by atoms with Crippen molar-refractivity contribution in [2.24, 2.45) is 0 Å². The van der Waals surface area contributed by atoms with Gasteiger partial charge < -0.3 is 15.4 Å². The number of fused-ring (bicyclic) bond motifs is 1. The standard InChI is InChI=1S/C16H18N2O2S/c1-4-8-18(9-5-2)16(19)15-14(17)12-7-6-11(20-3)10-13(12)21-15/h4-7,10H,1-2,8-9,17H2,3H3. The molecule has 1 amide bonds. The number of anilines is 1. The molecule has 0 fully saturated rings. The molecule has 5 heteroatoms. The first kappa shape index (κ1) is 15.1. The van der Waals surface area contributed by atoms with Gasteiger partial charge in [0.25, 0.3) is 5.91 Å². The maximum absolute atomic E-state index is 12.6. The fourth-order valence-electron chi connectivity index (χ4n) is 2.08. The van der Waals surface area contributed by atoms with Crippen molar-refractivity contribution in [3.8, 4) is 5.75 Å². The van der Waals surface area contributed by atoms with E-state index in [1.807, 2.05) is 18.2 Å². The number of nitrogens with zero attached hydrogens (tertiary/aromatic N) is 1. The monoisotopic (exact) mass is 302 g/mol. The van der Waals surface area contributed by atoms with Crippen LogP contribution in [0.4, 0.5) is 5.69 Å². The summed E-state index contributed by atoms with van der Waals surface area (Å²) in [6.45, 7) is 8.27. The molecule has 0 aliphatic rings. The molecule has 1 aromatic carbocycles. The summed E-state index contributed by atoms with van der Waals surface area (Å²) in [7, 11) is 1.61. The van der Waals surface area contributed by atoms with E-state index in [4.69, 9.17) is 10.5 Å². The Bertz CT molecular complexity index is 681. The number of benzene rings is 1. The molecule has 0 bridgehead atoms. The normalized spacial score (nSPS) is 10.3. The van der Waals surface area contributed by atoms with Crippen LogP contribution in [-0.2, 0) is 0 Å². The van der Waals surface area contributed by atoms with Crippen LogP contribution >= 0.6 is 11.3 Å². The number of nitrogens with two attached hydrogens (primary N) is 1. The summed E-state index contributed by atoms with van der Waals surface area (Å²) in [6, 6.07) is 5.60. The molecule has 1 aromatic heterocycles. The highest BCUT2D eigenvalue weighted by Gasteiger charge is 2.21. The van der Waals surface area contributed by atoms with Crippen molar-refractivity contribution in [1.29, 1.82) is 0 Å². The third kappa shape index (κ3) is 2.92. The molecule has 0 spiro atoms. The second-order valence-corrected chi connectivity index (χ2v) is 5.55. The van der Waals surface area contributed by atoms with Crippen LogP contribution in [0.25, 0.3) is 10.1 Å². The zero-order valence-corrected chi connectivity index (χ0v) is 12.8. The first-order valence-electron chi connectivity index (χ1n) is 6.49. The minimum absolute atomic E-state index is 0.104. The van der Waals surface area contributed by atoms with Crippen LogP contribution in [0.1, 0.15) is 9.67 Å². The maximum atomic E-state index is 12.6. The number of methoxy groups -OCH3 is 1. The Morgan fingerprint density at radius 1 is 1.38 bits per heavy atom. The van der Waals surface area contributed by atoms with E-state index in [9.17, 15) is 4.79 Å². The molecule has 110 valence electrons. The van der Waals surface area contributed by atoms with Gasteiger partial charge in [-0.05, 0) is 18.2 Å². The molecular weight excluding hydrogens is 284 g/mol. The van der Waals surface area contributed by atoms with Crippen molar-refractivity contribution in [3.63, 3.8) is 0 Å². The molecule has 2 N–H and O–H groups in total. The lowest BCUT2D eigenvalue weighted by Gasteiger charge is -2.18. The number of hydrogen-bond donors (Lipinski definition) is 1. The number of thiophene rings is 1. The van der Waals surface area contributed by atoms with Crippen LogP contribution in [0.3, 0.4) is 0 Å². The maximum Gasteiger partial charge on any atom is 0.266 e. The van der Waals surface area contributed by atoms with Gasteiger partial charge >= 0.3 is 0 Å². The minimum Gasteiger partial charge on any atom is -0.497 e. The number of nitrogen functional groups attached to an aromatic ring is 1. The molecule has 0 unspecified atom stereocenters. The van der Waals surface area contributed by atoms with Gasteiger partial charge in [-0.3, -0.25) is 4.79 Å². The van der Waals surface area contributed by atoms with Crippen LogP contribution in [0.2, 0.25) is 0 Å². The largest absolute Gasteiger partial charge is 0.497 e. The summed E-state index contributed by atoms with van der Waals surface area (Å²) < 4.78 is 6.14. The van der Waals surface area contributed by atoms with Gasteiger partial charge in [-0.25, -0.2) is 0 Å². The molecular formula is C16H18N2O2S. The van der Waals surface area contributed by atoms with Gasteiger partial charge in [0.1, 0.15) is 10.6 Å². The Morgan fingerprint density at radius 3 is 2.62 bits per heavy atom. The molecule has 2 aromatic rings. The van der Waals surface area contributed by atoms with E-state index in [0.717, 1.165) is 15.8 Å². The highest BCUT2D eigenvalue weighted by Crippen LogP contribution is 2.36. The first-order chi connectivity index (χ1) is 10.1. The van der Waals surface area contributed by atoms with E-state index in [2.05, 4.69) is 13.2 Å². The Labute approximate surface area is 128 Å². The van der Waals surface area contributed by atoms with Crippen molar-refractivity contribution in [3.05, 3.63) is 48.4 Å². The third-order valence-electron chi connectivity index (χ3n) is 3.12. The molecule has 0 atom stereocenters. The number of rotatable bonds is 6. The van der Waals surface area contributed by atoms with Crippen LogP contribution in [0, 0.1) is 0 Å². The summed E-state index contributed by atoms with van der Waals surface area (Å²) >= 11 is 1.38. The predicted octanol–water partition coefficient (Wildman–Crippen LogP) is 3.31. The molecule has 4 nitrogen and oxygen atoms in total. The van der Waals surface area contributed by atoms with Crippen molar-refractivity contribution >= 4 is 33.0 Å². The number of amides is 1. The average Bonchev–Trinajstić information content (AvgIpc) is 2.82. The average molecular weight is 302 g/mol. The lowest BCUT2D eigenvalue weighted by Crippen LogP contribution is -2.31. The van der Waals surface area contributed by atoms with E-state index in [0.29, 0.717) is 23.7 Å². The third-order valence-corrected chi connectivity index (χ3v) is 4.27. The lowest BCUT2D eigenvalue weighted by atomic mass is 10.2. The minimum atomic E-state index is -0.104. The fourth-order valence-corrected chi connectivity index (χ4v) is 3.20. The summed E-state index contributed by atoms with van der Waals surface area (Å²) in [6.07, 6.45) is 3.38. The Balaban J connectivity index is 2.44. The summed E-state index contributed by atoms with van der Waals surface area (Å²) in [5.74, 6) is 0.643. The second-order valence-electron chi connectivity index (χ2n) is 4.49. The summed E-state index contributed by atoms with van der Waals surface area (Å²) in [4.78, 5) is 14.8. The molecule has 0 radical (unpaired) electrons. The van der Waals surface area contributed by atoms with Crippen molar-refractivity contribution in [2.45, 2.75) is 0 Å². The zero-order chi connectivity index (χ0) is 15.4. The van der Waals surface area contributed by atoms with Crippen LogP contribution in [-0.4, -0.2) is 31.0 Å². The summed E-state index contributed by atoms with van der Waals surface area (Å²) in [5, 5.41) is 0.876. The molecule has 0 saturated carbocycles. The number of carbonyl (C=O) groups is 1. The van der Waals surface area contributed by atoms with Crippen molar-refractivity contribution in [2.75, 3.05) is 25.9 Å². The van der Waals surface area contributed by atoms with E-state index >= 15 is 0 Å².